The molecule has 2 saturated heterocycles. The minimum atomic E-state index is 0.706. The van der Waals surface area contributed by atoms with Crippen molar-refractivity contribution in [3.63, 3.8) is 0 Å². The van der Waals surface area contributed by atoms with Gasteiger partial charge in [0.25, 0.3) is 0 Å². The fourth-order valence-electron chi connectivity index (χ4n) is 3.15. The summed E-state index contributed by atoms with van der Waals surface area (Å²) >= 11 is 3.78. The van der Waals surface area contributed by atoms with Crippen LogP contribution in [0.5, 0.6) is 0 Å². The molecule has 2 nitrogen and oxygen atoms in total. The molecule has 2 bridgehead atoms. The summed E-state index contributed by atoms with van der Waals surface area (Å²) in [6, 6.07) is 5.71. The quantitative estimate of drug-likeness (QED) is 0.734. The van der Waals surface area contributed by atoms with Crippen LogP contribution in [0.3, 0.4) is 0 Å². The molecule has 0 amide bonds. The highest BCUT2D eigenvalue weighted by molar-refractivity contribution is 9.09. The fraction of sp³-hybridized carbons (Fsp3) is 0.615. The number of hydrogen-bond acceptors (Lipinski definition) is 2. The van der Waals surface area contributed by atoms with Crippen molar-refractivity contribution in [2.24, 2.45) is 0 Å². The Kier molecular flexibility index (Phi) is 2.66. The molecule has 2 aliphatic heterocycles. The van der Waals surface area contributed by atoms with Crippen LogP contribution in [0.1, 0.15) is 31.2 Å². The first kappa shape index (κ1) is 10.6. The van der Waals surface area contributed by atoms with E-state index in [1.54, 1.807) is 0 Å². The van der Waals surface area contributed by atoms with Crippen LogP contribution in [-0.4, -0.2) is 21.9 Å². The fourth-order valence-corrected chi connectivity index (χ4v) is 4.01. The zero-order valence-corrected chi connectivity index (χ0v) is 11.2. The van der Waals surface area contributed by atoms with E-state index in [0.29, 0.717) is 16.9 Å². The maximum absolute atomic E-state index is 4.54. The molecule has 0 saturated carbocycles. The number of rotatable bonds is 1. The van der Waals surface area contributed by atoms with E-state index in [9.17, 15) is 0 Å². The lowest BCUT2D eigenvalue weighted by molar-refractivity contribution is 0.479. The van der Waals surface area contributed by atoms with Gasteiger partial charge in [-0.2, -0.15) is 0 Å². The van der Waals surface area contributed by atoms with Crippen LogP contribution in [0.2, 0.25) is 0 Å². The largest absolute Gasteiger partial charge is 0.351 e. The molecule has 0 radical (unpaired) electrons. The van der Waals surface area contributed by atoms with Gasteiger partial charge in [-0.3, -0.25) is 0 Å². The Morgan fingerprint density at radius 2 is 2.00 bits per heavy atom. The number of pyridine rings is 1. The van der Waals surface area contributed by atoms with E-state index in [4.69, 9.17) is 0 Å². The number of nitrogens with zero attached hydrogens (tertiary/aromatic N) is 2. The average Bonchev–Trinajstić information content (AvgIpc) is 2.51. The van der Waals surface area contributed by atoms with Crippen molar-refractivity contribution >= 4 is 21.7 Å². The summed E-state index contributed by atoms with van der Waals surface area (Å²) < 4.78 is 0. The lowest BCUT2D eigenvalue weighted by Gasteiger charge is -2.38. The van der Waals surface area contributed by atoms with Crippen molar-refractivity contribution in [2.75, 3.05) is 4.90 Å². The van der Waals surface area contributed by atoms with Gasteiger partial charge >= 0.3 is 0 Å². The van der Waals surface area contributed by atoms with E-state index < -0.39 is 0 Å². The van der Waals surface area contributed by atoms with Crippen LogP contribution in [0.15, 0.2) is 18.3 Å². The first-order chi connectivity index (χ1) is 7.74. The molecule has 0 N–H and O–H groups in total. The lowest BCUT2D eigenvalue weighted by atomic mass is 10.0. The Labute approximate surface area is 105 Å². The van der Waals surface area contributed by atoms with Gasteiger partial charge in [0.1, 0.15) is 5.82 Å². The van der Waals surface area contributed by atoms with Crippen molar-refractivity contribution in [1.82, 2.24) is 4.98 Å². The molecule has 0 aromatic carbocycles. The second-order valence-corrected chi connectivity index (χ2v) is 6.35. The van der Waals surface area contributed by atoms with Gasteiger partial charge in [-0.1, -0.05) is 15.9 Å². The Bertz CT molecular complexity index is 379. The number of aromatic nitrogens is 1. The van der Waals surface area contributed by atoms with Gasteiger partial charge in [-0.05, 0) is 50.3 Å². The third-order valence-corrected chi connectivity index (χ3v) is 4.59. The Balaban J connectivity index is 1.91. The third kappa shape index (κ3) is 1.75. The Morgan fingerprint density at radius 1 is 1.31 bits per heavy atom. The van der Waals surface area contributed by atoms with Gasteiger partial charge in [0.15, 0.2) is 0 Å². The number of piperidine rings is 1. The number of halogens is 1. The molecule has 3 heteroatoms. The van der Waals surface area contributed by atoms with Gasteiger partial charge in [0.2, 0.25) is 0 Å². The van der Waals surface area contributed by atoms with Crippen LogP contribution in [-0.2, 0) is 0 Å². The van der Waals surface area contributed by atoms with Crippen molar-refractivity contribution in [3.8, 4) is 0 Å². The van der Waals surface area contributed by atoms with Gasteiger partial charge in [-0.25, -0.2) is 4.98 Å². The Hall–Kier alpha value is -0.570. The molecule has 86 valence electrons. The summed E-state index contributed by atoms with van der Waals surface area (Å²) in [5.74, 6) is 1.19. The smallest absolute Gasteiger partial charge is 0.129 e. The molecule has 2 aliphatic rings. The van der Waals surface area contributed by atoms with Crippen LogP contribution >= 0.6 is 15.9 Å². The van der Waals surface area contributed by atoms with E-state index in [0.717, 1.165) is 0 Å². The van der Waals surface area contributed by atoms with Crippen molar-refractivity contribution in [2.45, 2.75) is 49.5 Å². The first-order valence-corrected chi connectivity index (χ1v) is 7.00. The molecule has 3 heterocycles. The van der Waals surface area contributed by atoms with Gasteiger partial charge in [-0.15, -0.1) is 0 Å². The zero-order chi connectivity index (χ0) is 11.1. The zero-order valence-electron chi connectivity index (χ0n) is 9.56. The molecule has 16 heavy (non-hydrogen) atoms. The normalized spacial score (nSPS) is 33.1. The summed E-state index contributed by atoms with van der Waals surface area (Å²) in [6.07, 6.45) is 7.15. The highest BCUT2D eigenvalue weighted by atomic mass is 79.9. The molecular weight excluding hydrogens is 264 g/mol. The number of hydrogen-bond donors (Lipinski definition) is 0. The minimum absolute atomic E-state index is 0.706. The second kappa shape index (κ2) is 4.02. The lowest BCUT2D eigenvalue weighted by Crippen LogP contribution is -2.43. The summed E-state index contributed by atoms with van der Waals surface area (Å²) in [5, 5.41) is 0. The van der Waals surface area contributed by atoms with Gasteiger partial charge in [0.05, 0.1) is 0 Å². The standard InChI is InChI=1S/C13H17BrN2/c1-9-4-5-15-13(6-9)16-11-2-3-12(16)8-10(14)7-11/h4-6,10-12H,2-3,7-8H2,1H3. The van der Waals surface area contributed by atoms with Crippen LogP contribution in [0.4, 0.5) is 5.82 Å². The summed E-state index contributed by atoms with van der Waals surface area (Å²) in [7, 11) is 0. The second-order valence-electron chi connectivity index (χ2n) is 5.05. The summed E-state index contributed by atoms with van der Waals surface area (Å²) in [4.78, 5) is 7.81. The molecule has 0 aliphatic carbocycles. The molecule has 3 rings (SSSR count). The number of fused-ring (bicyclic) bond motifs is 2. The molecule has 0 spiro atoms. The predicted octanol–water partition coefficient (Wildman–Crippen LogP) is 3.28. The van der Waals surface area contributed by atoms with Gasteiger partial charge < -0.3 is 4.90 Å². The third-order valence-electron chi connectivity index (χ3n) is 3.84. The van der Waals surface area contributed by atoms with E-state index in [1.807, 2.05) is 6.20 Å². The molecular formula is C13H17BrN2. The van der Waals surface area contributed by atoms with Crippen molar-refractivity contribution in [1.29, 1.82) is 0 Å². The summed E-state index contributed by atoms with van der Waals surface area (Å²) in [5.41, 5.74) is 1.31. The SMILES string of the molecule is Cc1ccnc(N2C3CCC2CC(Br)C3)c1. The molecule has 1 aromatic rings. The maximum atomic E-state index is 4.54. The highest BCUT2D eigenvalue weighted by Crippen LogP contribution is 2.40. The topological polar surface area (TPSA) is 16.1 Å². The van der Waals surface area contributed by atoms with Gasteiger partial charge in [0, 0.05) is 23.1 Å². The van der Waals surface area contributed by atoms with Crippen LogP contribution in [0.25, 0.3) is 0 Å². The van der Waals surface area contributed by atoms with Crippen LogP contribution in [0, 0.1) is 6.92 Å². The predicted molar refractivity (Wildman–Crippen MR) is 70.2 cm³/mol. The molecule has 2 unspecified atom stereocenters. The average molecular weight is 281 g/mol. The number of anilines is 1. The van der Waals surface area contributed by atoms with E-state index in [2.05, 4.69) is 44.9 Å². The van der Waals surface area contributed by atoms with Crippen molar-refractivity contribution in [3.05, 3.63) is 23.9 Å². The molecule has 1 aromatic heterocycles. The summed E-state index contributed by atoms with van der Waals surface area (Å²) in [6.45, 7) is 2.14. The Morgan fingerprint density at radius 3 is 2.62 bits per heavy atom. The van der Waals surface area contributed by atoms with Crippen molar-refractivity contribution < 1.29 is 0 Å². The van der Waals surface area contributed by atoms with Crippen LogP contribution < -0.4 is 4.90 Å². The number of alkyl halides is 1. The molecule has 2 fully saturated rings. The van der Waals surface area contributed by atoms with E-state index in [-0.39, 0.29) is 0 Å². The monoisotopic (exact) mass is 280 g/mol. The first-order valence-electron chi connectivity index (χ1n) is 6.09. The number of aryl methyl sites for hydroxylation is 1. The minimum Gasteiger partial charge on any atom is -0.351 e. The van der Waals surface area contributed by atoms with E-state index in [1.165, 1.54) is 37.1 Å². The van der Waals surface area contributed by atoms with E-state index >= 15 is 0 Å². The highest BCUT2D eigenvalue weighted by Gasteiger charge is 2.40. The molecule has 2 atom stereocenters. The maximum Gasteiger partial charge on any atom is 0.129 e.